The van der Waals surface area contributed by atoms with Crippen molar-refractivity contribution in [3.05, 3.63) is 35.4 Å². The molecule has 1 nitrogen and oxygen atoms in total. The van der Waals surface area contributed by atoms with Crippen molar-refractivity contribution in [1.82, 2.24) is 0 Å². The van der Waals surface area contributed by atoms with E-state index in [0.717, 1.165) is 11.1 Å². The number of hydrogen-bond donors (Lipinski definition) is 0. The Bertz CT molecular complexity index is 307. The Morgan fingerprint density at radius 1 is 1.36 bits per heavy atom. The summed E-state index contributed by atoms with van der Waals surface area (Å²) < 4.78 is 0. The molecule has 0 heterocycles. The second-order valence-corrected chi connectivity index (χ2v) is 2.70. The molecule has 0 spiro atoms. The Balaban J connectivity index is 0.000000292. The van der Waals surface area contributed by atoms with E-state index in [2.05, 4.69) is 6.07 Å². The molecule has 0 aromatic heterocycles. The summed E-state index contributed by atoms with van der Waals surface area (Å²) >= 11 is 0. The van der Waals surface area contributed by atoms with Gasteiger partial charge in [-0.2, -0.15) is 5.26 Å². The number of hydrogen-bond acceptors (Lipinski definition) is 1. The molecule has 7 radical (unpaired) electrons. The lowest BCUT2D eigenvalue weighted by atomic mass is 8.97. The smallest absolute Gasteiger partial charge is 0.0994 e. The summed E-state index contributed by atoms with van der Waals surface area (Å²) in [6, 6.07) is 9.63. The number of benzene rings is 1. The van der Waals surface area contributed by atoms with E-state index in [1.54, 1.807) is 0 Å². The van der Waals surface area contributed by atoms with Crippen molar-refractivity contribution in [2.45, 2.75) is 6.92 Å². The molecule has 59 valence electrons. The average Bonchev–Trinajstić information content (AvgIpc) is 2.19. The molecule has 0 saturated heterocycles. The van der Waals surface area contributed by atoms with Gasteiger partial charge in [0.1, 0.15) is 0 Å². The minimum atomic E-state index is -0.463. The first-order valence-electron chi connectivity index (χ1n) is 4.13. The van der Waals surface area contributed by atoms with Crippen LogP contribution in [0, 0.1) is 18.3 Å². The van der Waals surface area contributed by atoms with E-state index in [1.165, 1.54) is 7.06 Å². The van der Waals surface area contributed by atoms with Crippen molar-refractivity contribution in [1.29, 1.82) is 5.26 Å². The maximum atomic E-state index is 8.47. The molecule has 1 aromatic carbocycles. The van der Waals surface area contributed by atoms with E-state index < -0.39 is 6.39 Å². The zero-order valence-electron chi connectivity index (χ0n) is 8.14. The van der Waals surface area contributed by atoms with Crippen LogP contribution in [-0.4, -0.2) is 36.7 Å². The summed E-state index contributed by atoms with van der Waals surface area (Å²) in [5.74, 6) is 0. The van der Waals surface area contributed by atoms with Crippen LogP contribution in [0.1, 0.15) is 11.1 Å². The van der Waals surface area contributed by atoms with Crippen LogP contribution in [0.4, 0.5) is 0 Å². The molecule has 14 heavy (non-hydrogen) atoms. The molecule has 1 rings (SSSR count). The Hall–Kier alpha value is -0.965. The summed E-state index contributed by atoms with van der Waals surface area (Å²) in [5, 5.41) is 8.47. The maximum Gasteiger partial charge on any atom is 0.0994 e. The van der Waals surface area contributed by atoms with Gasteiger partial charge >= 0.3 is 0 Å². The fourth-order valence-corrected chi connectivity index (χ4v) is 0.698. The van der Waals surface area contributed by atoms with Crippen LogP contribution in [0.25, 0.3) is 0 Å². The molecular formula is C8H7B5N. The van der Waals surface area contributed by atoms with E-state index in [-0.39, 0.29) is 0 Å². The third-order valence-electron chi connectivity index (χ3n) is 1.49. The van der Waals surface area contributed by atoms with Crippen LogP contribution in [-0.2, 0) is 0 Å². The number of rotatable bonds is 1. The number of nitrogens with zero attached hydrogens (tertiary/aromatic N) is 1. The van der Waals surface area contributed by atoms with Crippen LogP contribution < -0.4 is 0 Å². The lowest BCUT2D eigenvalue weighted by molar-refractivity contribution is 1.39. The van der Waals surface area contributed by atoms with Crippen LogP contribution >= 0.6 is 0 Å². The first kappa shape index (κ1) is 13.0. The van der Waals surface area contributed by atoms with Crippen molar-refractivity contribution in [3.63, 3.8) is 0 Å². The Morgan fingerprint density at radius 3 is 2.14 bits per heavy atom. The second kappa shape index (κ2) is 7.44. The van der Waals surface area contributed by atoms with Crippen LogP contribution in [0.2, 0.25) is 0 Å². The molecule has 0 aliphatic rings. The highest BCUT2D eigenvalue weighted by Gasteiger charge is 1.90. The zero-order valence-corrected chi connectivity index (χ0v) is 8.14. The first-order chi connectivity index (χ1) is 6.61. The van der Waals surface area contributed by atoms with Gasteiger partial charge < -0.3 is 0 Å². The van der Waals surface area contributed by atoms with Gasteiger partial charge in [-0.25, -0.2) is 0 Å². The molecular weight excluding hydrogens is 164 g/mol. The lowest BCUT2D eigenvalue weighted by Crippen LogP contribution is -2.23. The normalized spacial score (nSPS) is 7.71. The first-order valence-corrected chi connectivity index (χ1v) is 4.13. The quantitative estimate of drug-likeness (QED) is 0.544. The van der Waals surface area contributed by atoms with Crippen LogP contribution in [0.5, 0.6) is 0 Å². The van der Waals surface area contributed by atoms with E-state index >= 15 is 0 Å². The third-order valence-corrected chi connectivity index (χ3v) is 1.49. The van der Waals surface area contributed by atoms with Gasteiger partial charge in [-0.15, -0.1) is 0 Å². The Labute approximate surface area is 90.8 Å². The van der Waals surface area contributed by atoms with E-state index in [4.69, 9.17) is 28.5 Å². The van der Waals surface area contributed by atoms with Gasteiger partial charge in [0.25, 0.3) is 0 Å². The summed E-state index contributed by atoms with van der Waals surface area (Å²) in [6.45, 7) is 1.93. The zero-order chi connectivity index (χ0) is 11.0. The molecule has 0 saturated carbocycles. The number of aryl methyl sites for hydroxylation is 1. The standard InChI is InChI=1S/C8H7N.B5/c1-7-4-2-3-5-8(7)6-9;1-4-5(2)3/h2-5H,1H3;. The largest absolute Gasteiger partial charge is 0.192 e. The van der Waals surface area contributed by atoms with Gasteiger partial charge in [0.15, 0.2) is 0 Å². The van der Waals surface area contributed by atoms with Crippen molar-refractivity contribution in [2.24, 2.45) is 0 Å². The average molecular weight is 171 g/mol. The van der Waals surface area contributed by atoms with Crippen LogP contribution in [0.3, 0.4) is 0 Å². The molecule has 6 heteroatoms. The summed E-state index contributed by atoms with van der Waals surface area (Å²) in [7, 11) is 15.8. The van der Waals surface area contributed by atoms with Crippen molar-refractivity contribution >= 4 is 36.7 Å². The molecule has 0 amide bonds. The Kier molecular flexibility index (Phi) is 6.93. The molecule has 0 atom stereocenters. The molecule has 0 fully saturated rings. The predicted octanol–water partition coefficient (Wildman–Crippen LogP) is -0.0373. The van der Waals surface area contributed by atoms with Gasteiger partial charge in [-0.1, -0.05) is 18.2 Å². The molecule has 0 aliphatic carbocycles. The maximum absolute atomic E-state index is 8.47. The highest BCUT2D eigenvalue weighted by molar-refractivity contribution is 7.60. The summed E-state index contributed by atoms with van der Waals surface area (Å²) in [5.41, 5.74) is 1.80. The molecule has 0 unspecified atom stereocenters. The predicted molar refractivity (Wildman–Crippen MR) is 64.7 cm³/mol. The van der Waals surface area contributed by atoms with Gasteiger partial charge in [0.2, 0.25) is 0 Å². The van der Waals surface area contributed by atoms with Crippen molar-refractivity contribution in [2.75, 3.05) is 0 Å². The SMILES string of the molecule is Cc1ccccc1C#N.[B][B]B([B])[B]. The van der Waals surface area contributed by atoms with Crippen molar-refractivity contribution < 1.29 is 0 Å². The lowest BCUT2D eigenvalue weighted by Gasteiger charge is -1.90. The minimum Gasteiger partial charge on any atom is -0.192 e. The van der Waals surface area contributed by atoms with Gasteiger partial charge in [-0.3, -0.25) is 0 Å². The van der Waals surface area contributed by atoms with Gasteiger partial charge in [-0.05, 0) is 18.6 Å². The highest BCUT2D eigenvalue weighted by Crippen LogP contribution is 2.03. The molecule has 0 bridgehead atoms. The molecule has 0 N–H and O–H groups in total. The van der Waals surface area contributed by atoms with E-state index in [9.17, 15) is 0 Å². The fourth-order valence-electron chi connectivity index (χ4n) is 0.698. The summed E-state index contributed by atoms with van der Waals surface area (Å²) in [6.07, 6.45) is -0.463. The highest BCUT2D eigenvalue weighted by atomic mass is 14.2. The molecule has 1 aromatic rings. The third kappa shape index (κ3) is 5.64. The van der Waals surface area contributed by atoms with Gasteiger partial charge in [0, 0.05) is 36.7 Å². The monoisotopic (exact) mass is 172 g/mol. The number of nitriles is 1. The fraction of sp³-hybridized carbons (Fsp3) is 0.125. The minimum absolute atomic E-state index is 0.463. The van der Waals surface area contributed by atoms with Crippen molar-refractivity contribution in [3.8, 4) is 6.07 Å². The summed E-state index contributed by atoms with van der Waals surface area (Å²) in [4.78, 5) is 0. The van der Waals surface area contributed by atoms with Gasteiger partial charge in [0.05, 0.1) is 11.6 Å². The second-order valence-electron chi connectivity index (χ2n) is 2.70. The van der Waals surface area contributed by atoms with Crippen LogP contribution in [0.15, 0.2) is 24.3 Å². The Morgan fingerprint density at radius 2 is 1.86 bits per heavy atom. The molecule has 0 aliphatic heterocycles. The van der Waals surface area contributed by atoms with E-state index in [1.807, 2.05) is 31.2 Å². The topological polar surface area (TPSA) is 23.8 Å². The van der Waals surface area contributed by atoms with E-state index in [0.29, 0.717) is 0 Å².